The van der Waals surface area contributed by atoms with E-state index >= 15 is 0 Å². The second-order valence-corrected chi connectivity index (χ2v) is 5.61. The number of nitrogens with zero attached hydrogens (tertiary/aromatic N) is 1. The van der Waals surface area contributed by atoms with Crippen LogP contribution in [0, 0.1) is 5.92 Å². The summed E-state index contributed by atoms with van der Waals surface area (Å²) in [6, 6.07) is 4.76. The lowest BCUT2D eigenvalue weighted by Gasteiger charge is -2.23. The Hall–Kier alpha value is -0.480. The van der Waals surface area contributed by atoms with Crippen LogP contribution in [-0.2, 0) is 11.3 Å². The quantitative estimate of drug-likeness (QED) is 0.922. The van der Waals surface area contributed by atoms with Crippen LogP contribution in [0.15, 0.2) is 18.2 Å². The first-order valence-corrected chi connectivity index (χ1v) is 6.52. The Morgan fingerprint density at radius 1 is 1.26 bits per heavy atom. The zero-order valence-corrected chi connectivity index (χ0v) is 13.5. The molecule has 0 aliphatic heterocycles. The highest BCUT2D eigenvalue weighted by molar-refractivity contribution is 6.34. The number of hydrogen-bond acceptors (Lipinski definition) is 2. The number of nitrogens with two attached hydrogens (primary N) is 1. The highest BCUT2D eigenvalue weighted by Gasteiger charge is 2.21. The molecule has 6 heteroatoms. The number of likely N-dealkylation sites (N-methyl/N-ethyl adjacent to an activating group) is 1. The summed E-state index contributed by atoms with van der Waals surface area (Å²) in [4.78, 5) is 13.6. The average Bonchev–Trinajstić information content (AvgIpc) is 2.25. The predicted octanol–water partition coefficient (Wildman–Crippen LogP) is 3.36. The molecule has 0 bridgehead atoms. The SMILES string of the molecule is CC(C)C(N)C(=O)N(C)Cc1cc(Cl)cc(Cl)c1.Cl. The maximum Gasteiger partial charge on any atom is 0.239 e. The Morgan fingerprint density at radius 2 is 1.74 bits per heavy atom. The topological polar surface area (TPSA) is 46.3 Å². The number of hydrogen-bond donors (Lipinski definition) is 1. The summed E-state index contributed by atoms with van der Waals surface area (Å²) in [7, 11) is 1.72. The lowest BCUT2D eigenvalue weighted by atomic mass is 10.0. The summed E-state index contributed by atoms with van der Waals surface area (Å²) in [5.41, 5.74) is 6.72. The molecular weight excluding hydrogens is 307 g/mol. The molecule has 1 aromatic rings. The van der Waals surface area contributed by atoms with E-state index < -0.39 is 6.04 Å². The molecule has 0 aromatic heterocycles. The molecule has 1 unspecified atom stereocenters. The van der Waals surface area contributed by atoms with E-state index in [1.165, 1.54) is 0 Å². The Bertz CT molecular complexity index is 418. The largest absolute Gasteiger partial charge is 0.340 e. The minimum Gasteiger partial charge on any atom is -0.340 e. The second-order valence-electron chi connectivity index (χ2n) is 4.74. The molecule has 0 heterocycles. The smallest absolute Gasteiger partial charge is 0.239 e. The van der Waals surface area contributed by atoms with Crippen LogP contribution in [0.1, 0.15) is 19.4 Å². The molecule has 0 aliphatic carbocycles. The molecule has 0 fully saturated rings. The van der Waals surface area contributed by atoms with Gasteiger partial charge in [0.1, 0.15) is 0 Å². The van der Waals surface area contributed by atoms with E-state index in [2.05, 4.69) is 0 Å². The van der Waals surface area contributed by atoms with Gasteiger partial charge in [-0.3, -0.25) is 4.79 Å². The van der Waals surface area contributed by atoms with Crippen LogP contribution >= 0.6 is 35.6 Å². The van der Waals surface area contributed by atoms with E-state index in [9.17, 15) is 4.79 Å². The number of rotatable bonds is 4. The molecule has 0 saturated carbocycles. The van der Waals surface area contributed by atoms with Gasteiger partial charge in [-0.25, -0.2) is 0 Å². The minimum absolute atomic E-state index is 0. The number of carbonyl (C=O) groups is 1. The zero-order valence-electron chi connectivity index (χ0n) is 11.2. The number of halogens is 3. The van der Waals surface area contributed by atoms with Crippen LogP contribution in [0.25, 0.3) is 0 Å². The summed E-state index contributed by atoms with van der Waals surface area (Å²) in [6.45, 7) is 4.29. The number of carbonyl (C=O) groups excluding carboxylic acids is 1. The third kappa shape index (κ3) is 5.57. The second kappa shape index (κ2) is 7.95. The van der Waals surface area contributed by atoms with Gasteiger partial charge in [0.05, 0.1) is 6.04 Å². The maximum atomic E-state index is 12.0. The zero-order chi connectivity index (χ0) is 13.9. The van der Waals surface area contributed by atoms with Gasteiger partial charge in [-0.05, 0) is 29.7 Å². The van der Waals surface area contributed by atoms with Crippen molar-refractivity contribution in [1.29, 1.82) is 0 Å². The Morgan fingerprint density at radius 3 is 2.16 bits per heavy atom. The lowest BCUT2D eigenvalue weighted by Crippen LogP contribution is -2.44. The minimum atomic E-state index is -0.482. The third-order valence-corrected chi connectivity index (χ3v) is 3.16. The van der Waals surface area contributed by atoms with Crippen LogP contribution in [0.3, 0.4) is 0 Å². The molecule has 19 heavy (non-hydrogen) atoms. The molecule has 1 rings (SSSR count). The van der Waals surface area contributed by atoms with Crippen LogP contribution in [0.2, 0.25) is 10.0 Å². The van der Waals surface area contributed by atoms with Crippen LogP contribution in [-0.4, -0.2) is 23.9 Å². The lowest BCUT2D eigenvalue weighted by molar-refractivity contribution is -0.132. The van der Waals surface area contributed by atoms with Crippen LogP contribution in [0.4, 0.5) is 0 Å². The third-order valence-electron chi connectivity index (χ3n) is 2.72. The van der Waals surface area contributed by atoms with Crippen molar-refractivity contribution in [3.05, 3.63) is 33.8 Å². The van der Waals surface area contributed by atoms with Gasteiger partial charge in [0.2, 0.25) is 5.91 Å². The van der Waals surface area contributed by atoms with Crippen molar-refractivity contribution in [3.8, 4) is 0 Å². The van der Waals surface area contributed by atoms with E-state index in [1.54, 1.807) is 30.1 Å². The summed E-state index contributed by atoms with van der Waals surface area (Å²) in [5, 5.41) is 1.12. The van der Waals surface area contributed by atoms with Gasteiger partial charge < -0.3 is 10.6 Å². The fourth-order valence-corrected chi connectivity index (χ4v) is 2.16. The molecule has 108 valence electrons. The van der Waals surface area contributed by atoms with Gasteiger partial charge in [0.15, 0.2) is 0 Å². The van der Waals surface area contributed by atoms with E-state index in [0.29, 0.717) is 16.6 Å². The van der Waals surface area contributed by atoms with Crippen molar-refractivity contribution in [2.24, 2.45) is 11.7 Å². The molecule has 2 N–H and O–H groups in total. The summed E-state index contributed by atoms with van der Waals surface area (Å²) in [5.74, 6) is 0.0315. The van der Waals surface area contributed by atoms with Gasteiger partial charge >= 0.3 is 0 Å². The van der Waals surface area contributed by atoms with E-state index in [-0.39, 0.29) is 24.2 Å². The molecule has 1 aromatic carbocycles. The summed E-state index contributed by atoms with van der Waals surface area (Å²) < 4.78 is 0. The monoisotopic (exact) mass is 324 g/mol. The highest BCUT2D eigenvalue weighted by atomic mass is 35.5. The Labute approximate surface area is 130 Å². The van der Waals surface area contributed by atoms with E-state index in [0.717, 1.165) is 5.56 Å². The standard InChI is InChI=1S/C13H18Cl2N2O.ClH/c1-8(2)12(16)13(18)17(3)7-9-4-10(14)6-11(15)5-9;/h4-6,8,12H,7,16H2,1-3H3;1H. The first-order chi connectivity index (χ1) is 8.31. The van der Waals surface area contributed by atoms with Gasteiger partial charge in [0.25, 0.3) is 0 Å². The number of benzene rings is 1. The molecule has 1 amide bonds. The van der Waals surface area contributed by atoms with E-state index in [4.69, 9.17) is 28.9 Å². The molecular formula is C13H19Cl3N2O. The van der Waals surface area contributed by atoms with Crippen LogP contribution < -0.4 is 5.73 Å². The van der Waals surface area contributed by atoms with Crippen molar-refractivity contribution in [2.45, 2.75) is 26.4 Å². The van der Waals surface area contributed by atoms with Crippen molar-refractivity contribution in [1.82, 2.24) is 4.90 Å². The van der Waals surface area contributed by atoms with Crippen molar-refractivity contribution >= 4 is 41.5 Å². The predicted molar refractivity (Wildman–Crippen MR) is 83.0 cm³/mol. The van der Waals surface area contributed by atoms with Gasteiger partial charge in [-0.2, -0.15) is 0 Å². The highest BCUT2D eigenvalue weighted by Crippen LogP contribution is 2.20. The Balaban J connectivity index is 0.00000324. The fraction of sp³-hybridized carbons (Fsp3) is 0.462. The van der Waals surface area contributed by atoms with Crippen molar-refractivity contribution < 1.29 is 4.79 Å². The Kier molecular flexibility index (Phi) is 7.75. The summed E-state index contributed by atoms with van der Waals surface area (Å²) >= 11 is 11.8. The number of amides is 1. The first-order valence-electron chi connectivity index (χ1n) is 5.76. The normalized spacial score (nSPS) is 11.9. The average molecular weight is 326 g/mol. The van der Waals surface area contributed by atoms with Gasteiger partial charge in [0, 0.05) is 23.6 Å². The summed E-state index contributed by atoms with van der Waals surface area (Å²) in [6.07, 6.45) is 0. The maximum absolute atomic E-state index is 12.0. The van der Waals surface area contributed by atoms with Crippen molar-refractivity contribution in [2.75, 3.05) is 7.05 Å². The fourth-order valence-electron chi connectivity index (χ4n) is 1.59. The van der Waals surface area contributed by atoms with Gasteiger partial charge in [-0.1, -0.05) is 37.0 Å². The molecule has 0 saturated heterocycles. The van der Waals surface area contributed by atoms with E-state index in [1.807, 2.05) is 13.8 Å². The van der Waals surface area contributed by atoms with Crippen LogP contribution in [0.5, 0.6) is 0 Å². The molecule has 3 nitrogen and oxygen atoms in total. The first kappa shape index (κ1) is 18.5. The van der Waals surface area contributed by atoms with Gasteiger partial charge in [-0.15, -0.1) is 12.4 Å². The van der Waals surface area contributed by atoms with Crippen molar-refractivity contribution in [3.63, 3.8) is 0 Å². The molecule has 0 aliphatic rings. The molecule has 1 atom stereocenters. The molecule has 0 spiro atoms. The molecule has 0 radical (unpaired) electrons.